The Kier molecular flexibility index (Phi) is 2.57. The maximum atomic E-state index is 10.6. The van der Waals surface area contributed by atoms with Gasteiger partial charge in [0.15, 0.2) is 0 Å². The van der Waals surface area contributed by atoms with Crippen molar-refractivity contribution in [2.24, 2.45) is 5.73 Å². The zero-order chi connectivity index (χ0) is 11.7. The quantitative estimate of drug-likeness (QED) is 0.758. The first-order valence-electron chi connectivity index (χ1n) is 4.85. The summed E-state index contributed by atoms with van der Waals surface area (Å²) in [6, 6.07) is -0.900. The van der Waals surface area contributed by atoms with E-state index in [1.807, 2.05) is 17.5 Å². The SMILES string of the molecule is Cc1cnc2ncc(CC(N)C(=O)O)cn12. The van der Waals surface area contributed by atoms with Crippen LogP contribution in [0.5, 0.6) is 0 Å². The van der Waals surface area contributed by atoms with E-state index in [2.05, 4.69) is 9.97 Å². The molecule has 0 bridgehead atoms. The summed E-state index contributed by atoms with van der Waals surface area (Å²) in [6.07, 6.45) is 5.39. The fourth-order valence-corrected chi connectivity index (χ4v) is 1.47. The van der Waals surface area contributed by atoms with E-state index in [0.717, 1.165) is 11.3 Å². The fraction of sp³-hybridized carbons (Fsp3) is 0.300. The fourth-order valence-electron chi connectivity index (χ4n) is 1.47. The minimum Gasteiger partial charge on any atom is -0.480 e. The van der Waals surface area contributed by atoms with Crippen molar-refractivity contribution in [3.63, 3.8) is 0 Å². The Balaban J connectivity index is 2.32. The Morgan fingerprint density at radius 3 is 2.94 bits per heavy atom. The van der Waals surface area contributed by atoms with Gasteiger partial charge in [0.2, 0.25) is 5.78 Å². The zero-order valence-electron chi connectivity index (χ0n) is 8.79. The second-order valence-corrected chi connectivity index (χ2v) is 3.68. The van der Waals surface area contributed by atoms with Gasteiger partial charge in [-0.1, -0.05) is 0 Å². The first kappa shape index (κ1) is 10.6. The van der Waals surface area contributed by atoms with Crippen LogP contribution in [0.3, 0.4) is 0 Å². The number of carboxylic acid groups (broad SMARTS) is 1. The van der Waals surface area contributed by atoms with Crippen LogP contribution in [-0.2, 0) is 11.2 Å². The van der Waals surface area contributed by atoms with Gasteiger partial charge in [0, 0.05) is 24.5 Å². The Bertz CT molecular complexity index is 535. The van der Waals surface area contributed by atoms with Gasteiger partial charge < -0.3 is 10.8 Å². The highest BCUT2D eigenvalue weighted by molar-refractivity contribution is 5.73. The second-order valence-electron chi connectivity index (χ2n) is 3.68. The summed E-state index contributed by atoms with van der Waals surface area (Å²) in [5.41, 5.74) is 7.19. The summed E-state index contributed by atoms with van der Waals surface area (Å²) in [5, 5.41) is 8.71. The monoisotopic (exact) mass is 220 g/mol. The molecule has 16 heavy (non-hydrogen) atoms. The molecule has 1 unspecified atom stereocenters. The predicted molar refractivity (Wildman–Crippen MR) is 57.0 cm³/mol. The number of nitrogens with two attached hydrogens (primary N) is 1. The van der Waals surface area contributed by atoms with E-state index in [-0.39, 0.29) is 6.42 Å². The van der Waals surface area contributed by atoms with Crippen LogP contribution in [0, 0.1) is 6.92 Å². The van der Waals surface area contributed by atoms with Crippen LogP contribution in [0.2, 0.25) is 0 Å². The predicted octanol–water partition coefficient (Wildman–Crippen LogP) is -0.00788. The van der Waals surface area contributed by atoms with Gasteiger partial charge in [-0.05, 0) is 12.5 Å². The Morgan fingerprint density at radius 1 is 1.56 bits per heavy atom. The molecule has 0 saturated heterocycles. The van der Waals surface area contributed by atoms with Crippen LogP contribution in [0.4, 0.5) is 0 Å². The van der Waals surface area contributed by atoms with Gasteiger partial charge in [0.25, 0.3) is 0 Å². The molecular weight excluding hydrogens is 208 g/mol. The van der Waals surface area contributed by atoms with Gasteiger partial charge in [-0.25, -0.2) is 9.97 Å². The van der Waals surface area contributed by atoms with E-state index < -0.39 is 12.0 Å². The summed E-state index contributed by atoms with van der Waals surface area (Å²) in [4.78, 5) is 18.8. The van der Waals surface area contributed by atoms with Crippen LogP contribution < -0.4 is 5.73 Å². The molecule has 0 amide bonds. The lowest BCUT2D eigenvalue weighted by atomic mass is 10.1. The molecule has 6 nitrogen and oxygen atoms in total. The lowest BCUT2D eigenvalue weighted by molar-refractivity contribution is -0.138. The van der Waals surface area contributed by atoms with E-state index >= 15 is 0 Å². The number of fused-ring (bicyclic) bond motifs is 1. The third-order valence-electron chi connectivity index (χ3n) is 2.38. The Morgan fingerprint density at radius 2 is 2.25 bits per heavy atom. The molecular formula is C10H12N4O2. The summed E-state index contributed by atoms with van der Waals surface area (Å²) < 4.78 is 1.81. The minimum absolute atomic E-state index is 0.260. The number of nitrogens with zero attached hydrogens (tertiary/aromatic N) is 3. The van der Waals surface area contributed by atoms with Gasteiger partial charge in [-0.15, -0.1) is 0 Å². The minimum atomic E-state index is -1.01. The molecule has 3 N–H and O–H groups in total. The number of aromatic nitrogens is 3. The molecule has 2 heterocycles. The topological polar surface area (TPSA) is 93.5 Å². The van der Waals surface area contributed by atoms with Crippen LogP contribution in [0.15, 0.2) is 18.6 Å². The molecule has 0 fully saturated rings. The molecule has 0 aliphatic rings. The first-order chi connectivity index (χ1) is 7.58. The molecule has 0 aliphatic carbocycles. The average Bonchev–Trinajstić information content (AvgIpc) is 2.60. The number of hydrogen-bond donors (Lipinski definition) is 2. The van der Waals surface area contributed by atoms with E-state index in [1.54, 1.807) is 12.4 Å². The Labute approximate surface area is 91.7 Å². The maximum Gasteiger partial charge on any atom is 0.320 e. The maximum absolute atomic E-state index is 10.6. The summed E-state index contributed by atoms with van der Waals surface area (Å²) in [5.74, 6) is -0.410. The molecule has 0 saturated carbocycles. The van der Waals surface area contributed by atoms with Crippen molar-refractivity contribution < 1.29 is 9.90 Å². The summed E-state index contributed by atoms with van der Waals surface area (Å²) in [6.45, 7) is 1.91. The number of hydrogen-bond acceptors (Lipinski definition) is 4. The number of imidazole rings is 1. The molecule has 0 radical (unpaired) electrons. The first-order valence-corrected chi connectivity index (χ1v) is 4.85. The Hall–Kier alpha value is -1.95. The van der Waals surface area contributed by atoms with E-state index in [0.29, 0.717) is 5.78 Å². The molecule has 0 aromatic carbocycles. The van der Waals surface area contributed by atoms with Crippen molar-refractivity contribution >= 4 is 11.7 Å². The van der Waals surface area contributed by atoms with Crippen LogP contribution in [-0.4, -0.2) is 31.5 Å². The molecule has 84 valence electrons. The smallest absolute Gasteiger partial charge is 0.320 e. The van der Waals surface area contributed by atoms with Crippen molar-refractivity contribution in [1.29, 1.82) is 0 Å². The molecule has 0 aliphatic heterocycles. The largest absolute Gasteiger partial charge is 0.480 e. The molecule has 0 spiro atoms. The summed E-state index contributed by atoms with van der Waals surface area (Å²) in [7, 11) is 0. The van der Waals surface area contributed by atoms with Gasteiger partial charge in [-0.3, -0.25) is 9.20 Å². The highest BCUT2D eigenvalue weighted by atomic mass is 16.4. The van der Waals surface area contributed by atoms with Crippen molar-refractivity contribution in [1.82, 2.24) is 14.4 Å². The highest BCUT2D eigenvalue weighted by Crippen LogP contribution is 2.06. The van der Waals surface area contributed by atoms with Crippen LogP contribution in [0.25, 0.3) is 5.78 Å². The van der Waals surface area contributed by atoms with Crippen LogP contribution >= 0.6 is 0 Å². The summed E-state index contributed by atoms with van der Waals surface area (Å²) >= 11 is 0. The molecule has 2 aromatic rings. The average molecular weight is 220 g/mol. The zero-order valence-corrected chi connectivity index (χ0v) is 8.79. The van der Waals surface area contributed by atoms with Crippen molar-refractivity contribution in [3.05, 3.63) is 29.8 Å². The van der Waals surface area contributed by atoms with Crippen molar-refractivity contribution in [2.75, 3.05) is 0 Å². The van der Waals surface area contributed by atoms with Crippen molar-refractivity contribution in [3.8, 4) is 0 Å². The number of carbonyl (C=O) groups is 1. The van der Waals surface area contributed by atoms with Gasteiger partial charge in [0.05, 0.1) is 6.20 Å². The third-order valence-corrected chi connectivity index (χ3v) is 2.38. The van der Waals surface area contributed by atoms with Crippen LogP contribution in [0.1, 0.15) is 11.3 Å². The van der Waals surface area contributed by atoms with Gasteiger partial charge in [-0.2, -0.15) is 0 Å². The number of carboxylic acids is 1. The third kappa shape index (κ3) is 1.87. The van der Waals surface area contributed by atoms with E-state index in [4.69, 9.17) is 10.8 Å². The molecule has 2 aromatic heterocycles. The lowest BCUT2D eigenvalue weighted by Crippen LogP contribution is -2.32. The van der Waals surface area contributed by atoms with E-state index in [9.17, 15) is 4.79 Å². The number of aryl methyl sites for hydroxylation is 1. The normalized spacial score (nSPS) is 12.9. The van der Waals surface area contributed by atoms with Crippen molar-refractivity contribution in [2.45, 2.75) is 19.4 Å². The van der Waals surface area contributed by atoms with Gasteiger partial charge in [0.1, 0.15) is 6.04 Å². The molecule has 2 rings (SSSR count). The molecule has 1 atom stereocenters. The number of aliphatic carboxylic acids is 1. The second kappa shape index (κ2) is 3.90. The number of rotatable bonds is 3. The molecule has 6 heteroatoms. The lowest BCUT2D eigenvalue weighted by Gasteiger charge is -2.06. The van der Waals surface area contributed by atoms with E-state index in [1.165, 1.54) is 0 Å². The van der Waals surface area contributed by atoms with Gasteiger partial charge >= 0.3 is 5.97 Å². The highest BCUT2D eigenvalue weighted by Gasteiger charge is 2.13. The standard InChI is InChI=1S/C10H12N4O2/c1-6-3-12-10-13-4-7(5-14(6)10)2-8(11)9(15)16/h3-5,8H,2,11H2,1H3,(H,15,16).